The van der Waals surface area contributed by atoms with Crippen LogP contribution in [0.5, 0.6) is 0 Å². The summed E-state index contributed by atoms with van der Waals surface area (Å²) < 4.78 is 0. The van der Waals surface area contributed by atoms with Crippen LogP contribution in [0.3, 0.4) is 0 Å². The Balaban J connectivity index is 2.15. The summed E-state index contributed by atoms with van der Waals surface area (Å²) in [5, 5.41) is 9.59. The second kappa shape index (κ2) is 2.78. The second-order valence-electron chi connectivity index (χ2n) is 4.23. The Bertz CT molecular complexity index is 366. The molecule has 0 spiro atoms. The van der Waals surface area contributed by atoms with Crippen molar-refractivity contribution < 1.29 is 5.11 Å². The molecule has 1 aromatic rings. The summed E-state index contributed by atoms with van der Waals surface area (Å²) in [4.78, 5) is 6.81. The van der Waals surface area contributed by atoms with E-state index in [2.05, 4.69) is 16.0 Å². The smallest absolute Gasteiger partial charge is 0.0873 e. The van der Waals surface area contributed by atoms with E-state index in [-0.39, 0.29) is 12.1 Å². The molecule has 74 valence electrons. The van der Waals surface area contributed by atoms with E-state index < -0.39 is 0 Å². The molecule has 1 N–H and O–H groups in total. The van der Waals surface area contributed by atoms with Crippen LogP contribution in [0.1, 0.15) is 24.1 Å². The third kappa shape index (κ3) is 0.863. The quantitative estimate of drug-likeness (QED) is 0.714. The lowest BCUT2D eigenvalue weighted by Gasteiger charge is -2.29. The summed E-state index contributed by atoms with van der Waals surface area (Å²) in [6, 6.07) is 4.10. The normalized spacial score (nSPS) is 30.4. The van der Waals surface area contributed by atoms with Crippen molar-refractivity contribution in [2.24, 2.45) is 0 Å². The van der Waals surface area contributed by atoms with Crippen LogP contribution in [-0.4, -0.2) is 28.1 Å². The molecule has 0 aromatic carbocycles. The van der Waals surface area contributed by atoms with Gasteiger partial charge in [-0.3, -0.25) is 9.88 Å². The third-order valence-corrected chi connectivity index (χ3v) is 3.58. The Hall–Kier alpha value is -0.930. The summed E-state index contributed by atoms with van der Waals surface area (Å²) in [6.45, 7) is 2.26. The SMILES string of the molecule is OCC12CCCN1Cc1cccnc12. The number of hydrogen-bond donors (Lipinski definition) is 1. The maximum Gasteiger partial charge on any atom is 0.0873 e. The molecule has 1 saturated heterocycles. The van der Waals surface area contributed by atoms with E-state index in [0.717, 1.165) is 25.2 Å². The van der Waals surface area contributed by atoms with E-state index in [1.807, 2.05) is 12.3 Å². The van der Waals surface area contributed by atoms with Gasteiger partial charge in [0.2, 0.25) is 0 Å². The highest BCUT2D eigenvalue weighted by molar-refractivity contribution is 5.33. The van der Waals surface area contributed by atoms with Crippen LogP contribution in [0.25, 0.3) is 0 Å². The first-order chi connectivity index (χ1) is 6.87. The lowest BCUT2D eigenvalue weighted by molar-refractivity contribution is 0.0725. The molecule has 2 aliphatic heterocycles. The van der Waals surface area contributed by atoms with Gasteiger partial charge in [-0.05, 0) is 31.0 Å². The largest absolute Gasteiger partial charge is 0.394 e. The van der Waals surface area contributed by atoms with Crippen LogP contribution < -0.4 is 0 Å². The van der Waals surface area contributed by atoms with E-state index in [1.54, 1.807) is 0 Å². The zero-order chi connectivity index (χ0) is 9.60. The molecule has 1 atom stereocenters. The number of rotatable bonds is 1. The highest BCUT2D eigenvalue weighted by Gasteiger charge is 2.48. The van der Waals surface area contributed by atoms with Gasteiger partial charge in [0.15, 0.2) is 0 Å². The first-order valence-corrected chi connectivity index (χ1v) is 5.17. The topological polar surface area (TPSA) is 36.4 Å². The van der Waals surface area contributed by atoms with Crippen LogP contribution in [-0.2, 0) is 12.1 Å². The van der Waals surface area contributed by atoms with Gasteiger partial charge in [0, 0.05) is 12.7 Å². The van der Waals surface area contributed by atoms with Crippen LogP contribution >= 0.6 is 0 Å². The Morgan fingerprint density at radius 2 is 2.50 bits per heavy atom. The van der Waals surface area contributed by atoms with Gasteiger partial charge in [0.25, 0.3) is 0 Å². The zero-order valence-corrected chi connectivity index (χ0v) is 8.11. The van der Waals surface area contributed by atoms with Gasteiger partial charge in [-0.1, -0.05) is 6.07 Å². The second-order valence-corrected chi connectivity index (χ2v) is 4.23. The van der Waals surface area contributed by atoms with Crippen LogP contribution in [0, 0.1) is 0 Å². The van der Waals surface area contributed by atoms with Crippen LogP contribution in [0.2, 0.25) is 0 Å². The predicted molar refractivity (Wildman–Crippen MR) is 52.6 cm³/mol. The molecule has 3 rings (SSSR count). The summed E-state index contributed by atoms with van der Waals surface area (Å²) in [7, 11) is 0. The highest BCUT2D eigenvalue weighted by atomic mass is 16.3. The maximum atomic E-state index is 9.59. The molecule has 2 aliphatic rings. The molecule has 14 heavy (non-hydrogen) atoms. The van der Waals surface area contributed by atoms with Gasteiger partial charge in [0.05, 0.1) is 17.8 Å². The fourth-order valence-electron chi connectivity index (χ4n) is 2.88. The fraction of sp³-hybridized carbons (Fsp3) is 0.545. The number of nitrogens with zero attached hydrogens (tertiary/aromatic N) is 2. The van der Waals surface area contributed by atoms with Crippen molar-refractivity contribution in [3.8, 4) is 0 Å². The summed E-state index contributed by atoms with van der Waals surface area (Å²) in [5.74, 6) is 0. The summed E-state index contributed by atoms with van der Waals surface area (Å²) in [6.07, 6.45) is 4.06. The summed E-state index contributed by atoms with van der Waals surface area (Å²) >= 11 is 0. The van der Waals surface area contributed by atoms with Gasteiger partial charge >= 0.3 is 0 Å². The number of aromatic nitrogens is 1. The minimum atomic E-state index is -0.142. The Labute approximate surface area is 83.4 Å². The minimum absolute atomic E-state index is 0.142. The monoisotopic (exact) mass is 190 g/mol. The van der Waals surface area contributed by atoms with Gasteiger partial charge in [-0.15, -0.1) is 0 Å². The number of aliphatic hydroxyl groups is 1. The Kier molecular flexibility index (Phi) is 1.66. The molecule has 0 saturated carbocycles. The summed E-state index contributed by atoms with van der Waals surface area (Å²) in [5.41, 5.74) is 2.26. The van der Waals surface area contributed by atoms with Gasteiger partial charge in [0.1, 0.15) is 0 Å². The van der Waals surface area contributed by atoms with Crippen molar-refractivity contribution in [2.45, 2.75) is 24.9 Å². The standard InChI is InChI=1S/C11H14N2O/c14-8-11-4-2-6-13(11)7-9-3-1-5-12-10(9)11/h1,3,5,14H,2,4,6-8H2. The van der Waals surface area contributed by atoms with E-state index in [4.69, 9.17) is 0 Å². The molecule has 3 nitrogen and oxygen atoms in total. The first-order valence-electron chi connectivity index (χ1n) is 5.17. The van der Waals surface area contributed by atoms with Crippen LogP contribution in [0.4, 0.5) is 0 Å². The average molecular weight is 190 g/mol. The first kappa shape index (κ1) is 8.38. The molecule has 1 unspecified atom stereocenters. The number of fused-ring (bicyclic) bond motifs is 3. The van der Waals surface area contributed by atoms with Crippen molar-refractivity contribution in [3.05, 3.63) is 29.6 Å². The zero-order valence-electron chi connectivity index (χ0n) is 8.11. The molecule has 0 aliphatic carbocycles. The van der Waals surface area contributed by atoms with E-state index in [0.29, 0.717) is 0 Å². The lowest BCUT2D eigenvalue weighted by Crippen LogP contribution is -2.39. The molecular formula is C11H14N2O. The van der Waals surface area contributed by atoms with Crippen molar-refractivity contribution in [2.75, 3.05) is 13.2 Å². The Morgan fingerprint density at radius 1 is 1.57 bits per heavy atom. The lowest BCUT2D eigenvalue weighted by atomic mass is 9.93. The molecule has 3 heteroatoms. The number of aliphatic hydroxyl groups excluding tert-OH is 1. The van der Waals surface area contributed by atoms with E-state index in [9.17, 15) is 5.11 Å². The van der Waals surface area contributed by atoms with Crippen molar-refractivity contribution in [1.82, 2.24) is 9.88 Å². The van der Waals surface area contributed by atoms with Crippen molar-refractivity contribution in [3.63, 3.8) is 0 Å². The average Bonchev–Trinajstić information content (AvgIpc) is 2.73. The molecular weight excluding hydrogens is 176 g/mol. The van der Waals surface area contributed by atoms with E-state index in [1.165, 1.54) is 12.0 Å². The maximum absolute atomic E-state index is 9.59. The van der Waals surface area contributed by atoms with Gasteiger partial charge in [-0.2, -0.15) is 0 Å². The third-order valence-electron chi connectivity index (χ3n) is 3.58. The van der Waals surface area contributed by atoms with Crippen LogP contribution in [0.15, 0.2) is 18.3 Å². The van der Waals surface area contributed by atoms with E-state index >= 15 is 0 Å². The molecule has 0 bridgehead atoms. The number of pyridine rings is 1. The van der Waals surface area contributed by atoms with Crippen molar-refractivity contribution >= 4 is 0 Å². The van der Waals surface area contributed by atoms with Gasteiger partial charge in [-0.25, -0.2) is 0 Å². The molecule has 0 radical (unpaired) electrons. The highest BCUT2D eigenvalue weighted by Crippen LogP contribution is 2.44. The Morgan fingerprint density at radius 3 is 3.36 bits per heavy atom. The molecule has 0 amide bonds. The number of hydrogen-bond acceptors (Lipinski definition) is 3. The molecule has 1 aromatic heterocycles. The fourth-order valence-corrected chi connectivity index (χ4v) is 2.88. The van der Waals surface area contributed by atoms with Crippen molar-refractivity contribution in [1.29, 1.82) is 0 Å². The minimum Gasteiger partial charge on any atom is -0.394 e. The molecule has 3 heterocycles. The molecule has 1 fully saturated rings. The predicted octanol–water partition coefficient (Wildman–Crippen LogP) is 0.879. The van der Waals surface area contributed by atoms with Gasteiger partial charge < -0.3 is 5.11 Å².